The zero-order valence-corrected chi connectivity index (χ0v) is 13.3. The van der Waals surface area contributed by atoms with Crippen LogP contribution in [0.1, 0.15) is 54.9 Å². The van der Waals surface area contributed by atoms with E-state index < -0.39 is 11.1 Å². The van der Waals surface area contributed by atoms with Gasteiger partial charge in [-0.3, -0.25) is 4.79 Å². The van der Waals surface area contributed by atoms with E-state index in [0.29, 0.717) is 6.42 Å². The molecule has 1 amide bonds. The average Bonchev–Trinajstić information content (AvgIpc) is 2.07. The quantitative estimate of drug-likeness (QED) is 0.805. The molecule has 1 unspecified atom stereocenters. The summed E-state index contributed by atoms with van der Waals surface area (Å²) in [6.07, 6.45) is 0.579. The van der Waals surface area contributed by atoms with Crippen LogP contribution in [0.25, 0.3) is 0 Å². The summed E-state index contributed by atoms with van der Waals surface area (Å²) < 4.78 is 0. The molecule has 108 valence electrons. The third kappa shape index (κ3) is 5.36. The summed E-state index contributed by atoms with van der Waals surface area (Å²) in [5.41, 5.74) is 11.0. The largest absolute Gasteiger partial charge is 0.341 e. The molecule has 0 spiro atoms. The molecule has 0 saturated carbocycles. The van der Waals surface area contributed by atoms with Crippen LogP contribution in [0.4, 0.5) is 0 Å². The summed E-state index contributed by atoms with van der Waals surface area (Å²) in [6, 6.07) is 0. The summed E-state index contributed by atoms with van der Waals surface area (Å²) in [5.74, 6) is -0.213. The maximum absolute atomic E-state index is 12.6. The monoisotopic (exact) mass is 257 g/mol. The number of hydrogen-bond donors (Lipinski definition) is 2. The van der Waals surface area contributed by atoms with Crippen LogP contribution in [0, 0.1) is 5.92 Å². The average molecular weight is 257 g/mol. The van der Waals surface area contributed by atoms with Gasteiger partial charge in [-0.25, -0.2) is 0 Å². The van der Waals surface area contributed by atoms with Crippen LogP contribution in [0.15, 0.2) is 0 Å². The molecule has 4 N–H and O–H groups in total. The number of carbonyl (C=O) groups excluding carboxylic acids is 1. The molecular weight excluding hydrogens is 226 g/mol. The van der Waals surface area contributed by atoms with Gasteiger partial charge in [-0.2, -0.15) is 0 Å². The molecule has 0 bridgehead atoms. The second-order valence-corrected chi connectivity index (χ2v) is 7.63. The fourth-order valence-electron chi connectivity index (χ4n) is 1.76. The van der Waals surface area contributed by atoms with E-state index in [9.17, 15) is 4.79 Å². The minimum atomic E-state index is -0.576. The van der Waals surface area contributed by atoms with E-state index in [-0.39, 0.29) is 17.4 Å². The number of hydrogen-bond acceptors (Lipinski definition) is 3. The normalized spacial score (nSPS) is 15.4. The van der Waals surface area contributed by atoms with Gasteiger partial charge in [0.05, 0.1) is 5.92 Å². The molecule has 0 fully saturated rings. The Morgan fingerprint density at radius 1 is 1.06 bits per heavy atom. The summed E-state index contributed by atoms with van der Waals surface area (Å²) >= 11 is 0. The highest BCUT2D eigenvalue weighted by Crippen LogP contribution is 2.27. The van der Waals surface area contributed by atoms with Crippen molar-refractivity contribution in [3.8, 4) is 0 Å². The van der Waals surface area contributed by atoms with E-state index in [0.717, 1.165) is 0 Å². The fourth-order valence-corrected chi connectivity index (χ4v) is 1.76. The number of nitrogens with zero attached hydrogens (tertiary/aromatic N) is 1. The van der Waals surface area contributed by atoms with Crippen molar-refractivity contribution in [2.45, 2.75) is 71.5 Å². The van der Waals surface area contributed by atoms with Gasteiger partial charge in [0, 0.05) is 23.7 Å². The molecule has 0 aromatic carbocycles. The molecule has 0 aliphatic carbocycles. The van der Waals surface area contributed by atoms with E-state index in [2.05, 4.69) is 0 Å². The number of amides is 1. The Kier molecular flexibility index (Phi) is 5.00. The van der Waals surface area contributed by atoms with E-state index in [4.69, 9.17) is 11.5 Å². The molecule has 4 heteroatoms. The Labute approximate surface area is 112 Å². The maximum Gasteiger partial charge on any atom is 0.227 e. The van der Waals surface area contributed by atoms with E-state index in [1.54, 1.807) is 4.90 Å². The van der Waals surface area contributed by atoms with Gasteiger partial charge < -0.3 is 16.4 Å². The zero-order chi connectivity index (χ0) is 14.9. The first-order chi connectivity index (χ1) is 7.66. The van der Waals surface area contributed by atoms with Crippen molar-refractivity contribution in [1.82, 2.24) is 4.90 Å². The predicted octanol–water partition coefficient (Wildman–Crippen LogP) is 1.72. The van der Waals surface area contributed by atoms with Gasteiger partial charge >= 0.3 is 0 Å². The van der Waals surface area contributed by atoms with Crippen molar-refractivity contribution in [3.63, 3.8) is 0 Å². The molecule has 0 radical (unpaired) electrons. The van der Waals surface area contributed by atoms with Crippen LogP contribution in [-0.2, 0) is 4.79 Å². The standard InChI is InChI=1S/C14H31N3O/c1-12(2,3)17(8)11(18)10(14(6,7)16)9-13(4,5)15/h10H,9,15-16H2,1-8H3. The molecule has 0 heterocycles. The predicted molar refractivity (Wildman–Crippen MR) is 77.2 cm³/mol. The van der Waals surface area contributed by atoms with Crippen molar-refractivity contribution in [2.24, 2.45) is 17.4 Å². The molecule has 0 saturated heterocycles. The summed E-state index contributed by atoms with van der Waals surface area (Å²) in [6.45, 7) is 13.7. The van der Waals surface area contributed by atoms with Crippen LogP contribution < -0.4 is 11.5 Å². The lowest BCUT2D eigenvalue weighted by Crippen LogP contribution is -2.56. The summed E-state index contributed by atoms with van der Waals surface area (Å²) in [7, 11) is 1.82. The molecule has 1 atom stereocenters. The van der Waals surface area contributed by atoms with Crippen LogP contribution >= 0.6 is 0 Å². The summed E-state index contributed by atoms with van der Waals surface area (Å²) in [4.78, 5) is 14.4. The Balaban J connectivity index is 5.18. The van der Waals surface area contributed by atoms with Crippen molar-refractivity contribution >= 4 is 5.91 Å². The van der Waals surface area contributed by atoms with Gasteiger partial charge in [-0.15, -0.1) is 0 Å². The van der Waals surface area contributed by atoms with Gasteiger partial charge in [-0.05, 0) is 54.9 Å². The first kappa shape index (κ1) is 17.4. The van der Waals surface area contributed by atoms with E-state index in [1.807, 2.05) is 55.5 Å². The molecule has 18 heavy (non-hydrogen) atoms. The van der Waals surface area contributed by atoms with E-state index in [1.165, 1.54) is 0 Å². The molecule has 0 aromatic heterocycles. The maximum atomic E-state index is 12.6. The Hall–Kier alpha value is -0.610. The van der Waals surface area contributed by atoms with Crippen LogP contribution in [-0.4, -0.2) is 34.5 Å². The molecule has 0 aliphatic heterocycles. The van der Waals surface area contributed by atoms with Crippen LogP contribution in [0.5, 0.6) is 0 Å². The fraction of sp³-hybridized carbons (Fsp3) is 0.929. The highest BCUT2D eigenvalue weighted by molar-refractivity contribution is 5.80. The van der Waals surface area contributed by atoms with Gasteiger partial charge in [0.15, 0.2) is 0 Å². The SMILES string of the molecule is CN(C(=O)C(CC(C)(C)N)C(C)(C)N)C(C)(C)C. The van der Waals surface area contributed by atoms with Crippen molar-refractivity contribution in [2.75, 3.05) is 7.05 Å². The Morgan fingerprint density at radius 2 is 1.44 bits per heavy atom. The lowest BCUT2D eigenvalue weighted by atomic mass is 9.78. The van der Waals surface area contributed by atoms with Crippen LogP contribution in [0.3, 0.4) is 0 Å². The second-order valence-electron chi connectivity index (χ2n) is 7.63. The zero-order valence-electron chi connectivity index (χ0n) is 13.3. The van der Waals surface area contributed by atoms with Gasteiger partial charge in [-0.1, -0.05) is 0 Å². The second kappa shape index (κ2) is 5.17. The molecule has 0 aliphatic rings. The Morgan fingerprint density at radius 3 is 1.67 bits per heavy atom. The minimum Gasteiger partial charge on any atom is -0.341 e. The highest BCUT2D eigenvalue weighted by Gasteiger charge is 2.39. The van der Waals surface area contributed by atoms with E-state index >= 15 is 0 Å². The highest BCUT2D eigenvalue weighted by atomic mass is 16.2. The van der Waals surface area contributed by atoms with Crippen molar-refractivity contribution in [3.05, 3.63) is 0 Å². The number of carbonyl (C=O) groups is 1. The molecule has 0 aromatic rings. The lowest BCUT2D eigenvalue weighted by Gasteiger charge is -2.40. The van der Waals surface area contributed by atoms with Crippen LogP contribution in [0.2, 0.25) is 0 Å². The van der Waals surface area contributed by atoms with Gasteiger partial charge in [0.1, 0.15) is 0 Å². The Bertz CT molecular complexity index is 292. The molecular formula is C14H31N3O. The summed E-state index contributed by atoms with van der Waals surface area (Å²) in [5, 5.41) is 0. The number of rotatable bonds is 4. The molecule has 4 nitrogen and oxygen atoms in total. The first-order valence-electron chi connectivity index (χ1n) is 6.52. The van der Waals surface area contributed by atoms with Gasteiger partial charge in [0.25, 0.3) is 0 Å². The third-order valence-electron chi connectivity index (χ3n) is 3.26. The number of nitrogens with two attached hydrogens (primary N) is 2. The van der Waals surface area contributed by atoms with Crippen molar-refractivity contribution in [1.29, 1.82) is 0 Å². The van der Waals surface area contributed by atoms with Crippen molar-refractivity contribution < 1.29 is 4.79 Å². The first-order valence-corrected chi connectivity index (χ1v) is 6.52. The minimum absolute atomic E-state index is 0.0634. The van der Waals surface area contributed by atoms with Gasteiger partial charge in [0.2, 0.25) is 5.91 Å². The lowest BCUT2D eigenvalue weighted by molar-refractivity contribution is -0.141. The third-order valence-corrected chi connectivity index (χ3v) is 3.26. The molecule has 0 rings (SSSR count). The smallest absolute Gasteiger partial charge is 0.227 e. The topological polar surface area (TPSA) is 72.3 Å².